The van der Waals surface area contributed by atoms with E-state index in [1.807, 2.05) is 0 Å². The molecule has 2 aromatic rings. The van der Waals surface area contributed by atoms with Crippen molar-refractivity contribution in [2.24, 2.45) is 0 Å². The summed E-state index contributed by atoms with van der Waals surface area (Å²) in [4.78, 5) is 24.0. The highest BCUT2D eigenvalue weighted by atomic mass is 32.1. The fourth-order valence-corrected chi connectivity index (χ4v) is 3.55. The maximum Gasteiger partial charge on any atom is 0.312 e. The monoisotopic (exact) mass is 292 g/mol. The van der Waals surface area contributed by atoms with E-state index in [2.05, 4.69) is 20.3 Å². The van der Waals surface area contributed by atoms with E-state index in [1.54, 1.807) is 23.7 Å². The lowest BCUT2D eigenvalue weighted by molar-refractivity contribution is -0.139. The number of thiazole rings is 1. The predicted octanol–water partition coefficient (Wildman–Crippen LogP) is 2.03. The van der Waals surface area contributed by atoms with Crippen LogP contribution in [0.2, 0.25) is 0 Å². The summed E-state index contributed by atoms with van der Waals surface area (Å²) in [7, 11) is 0. The molecule has 3 N–H and O–H groups in total. The molecule has 0 bridgehead atoms. The molecule has 1 unspecified atom stereocenters. The van der Waals surface area contributed by atoms with Gasteiger partial charge in [0.25, 0.3) is 0 Å². The highest BCUT2D eigenvalue weighted by molar-refractivity contribution is 7.15. The number of hydrogen-bond donors (Lipinski definition) is 3. The zero-order chi connectivity index (χ0) is 13.9. The number of fused-ring (bicyclic) bond motifs is 1. The molecule has 2 heterocycles. The zero-order valence-corrected chi connectivity index (χ0v) is 11.7. The molecule has 0 aliphatic heterocycles. The van der Waals surface area contributed by atoms with E-state index < -0.39 is 11.9 Å². The fraction of sp³-hybridized carbons (Fsp3) is 0.462. The first kappa shape index (κ1) is 13.1. The smallest absolute Gasteiger partial charge is 0.312 e. The van der Waals surface area contributed by atoms with Crippen LogP contribution in [0.1, 0.15) is 35.2 Å². The number of aromatic nitrogens is 3. The largest absolute Gasteiger partial charge is 0.481 e. The summed E-state index contributed by atoms with van der Waals surface area (Å²) in [6.07, 6.45) is 6.88. The Morgan fingerprint density at radius 1 is 1.60 bits per heavy atom. The van der Waals surface area contributed by atoms with Crippen LogP contribution in [0.4, 0.5) is 5.13 Å². The van der Waals surface area contributed by atoms with Crippen LogP contribution in [0.3, 0.4) is 0 Å². The Morgan fingerprint density at radius 2 is 2.50 bits per heavy atom. The van der Waals surface area contributed by atoms with Crippen molar-refractivity contribution in [2.75, 3.05) is 11.9 Å². The van der Waals surface area contributed by atoms with Crippen molar-refractivity contribution in [1.82, 2.24) is 15.0 Å². The van der Waals surface area contributed by atoms with E-state index in [-0.39, 0.29) is 0 Å². The van der Waals surface area contributed by atoms with Gasteiger partial charge in [0.1, 0.15) is 11.7 Å². The summed E-state index contributed by atoms with van der Waals surface area (Å²) >= 11 is 1.58. The summed E-state index contributed by atoms with van der Waals surface area (Å²) in [6.45, 7) is 0.734. The van der Waals surface area contributed by atoms with E-state index in [9.17, 15) is 9.90 Å². The molecule has 0 amide bonds. The average Bonchev–Trinajstić information content (AvgIpc) is 3.06. The van der Waals surface area contributed by atoms with E-state index in [1.165, 1.54) is 0 Å². The minimum absolute atomic E-state index is 0.435. The molecule has 6 nitrogen and oxygen atoms in total. The van der Waals surface area contributed by atoms with Crippen molar-refractivity contribution < 1.29 is 9.90 Å². The Balaban J connectivity index is 1.65. The molecule has 20 heavy (non-hydrogen) atoms. The lowest BCUT2D eigenvalue weighted by Gasteiger charge is -2.16. The molecule has 7 heteroatoms. The predicted molar refractivity (Wildman–Crippen MR) is 76.2 cm³/mol. The summed E-state index contributed by atoms with van der Waals surface area (Å²) < 4.78 is 0. The molecule has 0 saturated heterocycles. The van der Waals surface area contributed by atoms with Crippen LogP contribution in [-0.4, -0.2) is 32.6 Å². The lowest BCUT2D eigenvalue weighted by Crippen LogP contribution is -2.17. The van der Waals surface area contributed by atoms with Crippen LogP contribution < -0.4 is 5.32 Å². The van der Waals surface area contributed by atoms with Crippen molar-refractivity contribution >= 4 is 22.4 Å². The number of carboxylic acid groups (broad SMARTS) is 1. The number of nitrogens with zero attached hydrogens (tertiary/aromatic N) is 2. The number of rotatable bonds is 5. The number of carboxylic acids is 1. The molecule has 0 saturated carbocycles. The van der Waals surface area contributed by atoms with Crippen LogP contribution in [0.5, 0.6) is 0 Å². The molecule has 106 valence electrons. The van der Waals surface area contributed by atoms with Crippen LogP contribution >= 0.6 is 11.3 Å². The Labute approximate surface area is 120 Å². The van der Waals surface area contributed by atoms with Crippen LogP contribution in [0, 0.1) is 0 Å². The number of imidazole rings is 1. The van der Waals surface area contributed by atoms with Gasteiger partial charge >= 0.3 is 5.97 Å². The SMILES string of the molecule is O=C(O)C1CCCc2sc(NCCc3ncc[nH]3)nc21. The van der Waals surface area contributed by atoms with Crippen LogP contribution in [0.15, 0.2) is 12.4 Å². The van der Waals surface area contributed by atoms with Gasteiger partial charge in [-0.2, -0.15) is 0 Å². The number of hydrogen-bond acceptors (Lipinski definition) is 5. The van der Waals surface area contributed by atoms with Gasteiger partial charge in [-0.05, 0) is 19.3 Å². The van der Waals surface area contributed by atoms with Crippen molar-refractivity contribution in [1.29, 1.82) is 0 Å². The maximum absolute atomic E-state index is 11.2. The Kier molecular flexibility index (Phi) is 3.68. The summed E-state index contributed by atoms with van der Waals surface area (Å²) in [5.41, 5.74) is 0.759. The summed E-state index contributed by atoms with van der Waals surface area (Å²) in [5.74, 6) is -0.267. The average molecular weight is 292 g/mol. The number of anilines is 1. The molecule has 1 aliphatic carbocycles. The number of aliphatic carboxylic acids is 1. The molecular weight excluding hydrogens is 276 g/mol. The van der Waals surface area contributed by atoms with E-state index in [4.69, 9.17) is 0 Å². The van der Waals surface area contributed by atoms with Crippen molar-refractivity contribution in [3.05, 3.63) is 28.8 Å². The molecule has 2 aromatic heterocycles. The van der Waals surface area contributed by atoms with Gasteiger partial charge in [-0.3, -0.25) is 4.79 Å². The van der Waals surface area contributed by atoms with Gasteiger partial charge < -0.3 is 15.4 Å². The van der Waals surface area contributed by atoms with Gasteiger partial charge in [0.15, 0.2) is 5.13 Å². The second-order valence-electron chi connectivity index (χ2n) is 4.82. The zero-order valence-electron chi connectivity index (χ0n) is 10.9. The molecule has 0 fully saturated rings. The Bertz CT molecular complexity index is 594. The number of aromatic amines is 1. The molecule has 1 aliphatic rings. The third kappa shape index (κ3) is 2.67. The second kappa shape index (κ2) is 5.62. The highest BCUT2D eigenvalue weighted by Gasteiger charge is 2.29. The number of H-pyrrole nitrogens is 1. The molecule has 3 rings (SSSR count). The standard InChI is InChI=1S/C13H16N4O2S/c18-12(19)8-2-1-3-9-11(8)17-13(20-9)16-5-4-10-14-6-7-15-10/h6-8H,1-5H2,(H,14,15)(H,16,17)(H,18,19). The van der Waals surface area contributed by atoms with Gasteiger partial charge in [-0.1, -0.05) is 0 Å². The van der Waals surface area contributed by atoms with Crippen molar-refractivity contribution in [3.63, 3.8) is 0 Å². The van der Waals surface area contributed by atoms with E-state index >= 15 is 0 Å². The first-order valence-electron chi connectivity index (χ1n) is 6.68. The third-order valence-corrected chi connectivity index (χ3v) is 4.53. The molecule has 0 radical (unpaired) electrons. The minimum atomic E-state index is -0.765. The minimum Gasteiger partial charge on any atom is -0.481 e. The lowest BCUT2D eigenvalue weighted by atomic mass is 9.91. The van der Waals surface area contributed by atoms with Crippen molar-refractivity contribution in [2.45, 2.75) is 31.6 Å². The third-order valence-electron chi connectivity index (χ3n) is 3.45. The fourth-order valence-electron chi connectivity index (χ4n) is 2.46. The van der Waals surface area contributed by atoms with Gasteiger partial charge in [0.2, 0.25) is 0 Å². The number of carbonyl (C=O) groups is 1. The second-order valence-corrected chi connectivity index (χ2v) is 5.91. The Morgan fingerprint density at radius 3 is 3.25 bits per heavy atom. The Hall–Kier alpha value is -1.89. The van der Waals surface area contributed by atoms with Gasteiger partial charge in [0.05, 0.1) is 5.69 Å². The first-order chi connectivity index (χ1) is 9.74. The topological polar surface area (TPSA) is 90.9 Å². The van der Waals surface area contributed by atoms with Crippen molar-refractivity contribution in [3.8, 4) is 0 Å². The van der Waals surface area contributed by atoms with E-state index in [0.29, 0.717) is 6.42 Å². The quantitative estimate of drug-likeness (QED) is 0.784. The molecular formula is C13H16N4O2S. The summed E-state index contributed by atoms with van der Waals surface area (Å²) in [5, 5.41) is 13.3. The van der Waals surface area contributed by atoms with Gasteiger partial charge in [-0.15, -0.1) is 11.3 Å². The van der Waals surface area contributed by atoms with E-state index in [0.717, 1.165) is 47.3 Å². The molecule has 1 atom stereocenters. The summed E-state index contributed by atoms with van der Waals surface area (Å²) in [6, 6.07) is 0. The van der Waals surface area contributed by atoms with Crippen LogP contribution in [-0.2, 0) is 17.6 Å². The highest BCUT2D eigenvalue weighted by Crippen LogP contribution is 2.36. The maximum atomic E-state index is 11.2. The van der Waals surface area contributed by atoms with Gasteiger partial charge in [-0.25, -0.2) is 9.97 Å². The number of aryl methyl sites for hydroxylation is 1. The van der Waals surface area contributed by atoms with Gasteiger partial charge in [0, 0.05) is 30.2 Å². The number of nitrogens with one attached hydrogen (secondary N) is 2. The molecule has 0 aromatic carbocycles. The van der Waals surface area contributed by atoms with Crippen LogP contribution in [0.25, 0.3) is 0 Å². The molecule has 0 spiro atoms. The first-order valence-corrected chi connectivity index (χ1v) is 7.50. The normalized spacial score (nSPS) is 17.7.